The number of carbonyl (C=O) groups excluding carboxylic acids is 1. The maximum atomic E-state index is 16.1. The molecule has 4 aromatic rings. The van der Waals surface area contributed by atoms with Crippen molar-refractivity contribution in [2.45, 2.75) is 65.3 Å². The molecule has 0 aromatic heterocycles. The highest BCUT2D eigenvalue weighted by molar-refractivity contribution is 5.97. The molecule has 1 unspecified atom stereocenters. The lowest BCUT2D eigenvalue weighted by molar-refractivity contribution is 0.00704. The monoisotopic (exact) mass is 550 g/mol. The standard InChI is InChI=1S/C36H39FN2O2/c1-25(27-12-6-5-7-13-27)38-23-26-19-20-33-28(22-26)15-11-21-39(33)24-29-14-10-18-31(34(29)37)30-16-8-9-17-32(30)35(40)41-36(2,3)4/h5-10,12-14,16-20,22,25,38H,11,15,21,23-24H2,1-4H3. The number of aryl methyl sites for hydroxylation is 1. The van der Waals surface area contributed by atoms with E-state index in [9.17, 15) is 4.79 Å². The third kappa shape index (κ3) is 6.86. The third-order valence-corrected chi connectivity index (χ3v) is 7.55. The molecule has 1 aliphatic rings. The predicted octanol–water partition coefficient (Wildman–Crippen LogP) is 8.25. The van der Waals surface area contributed by atoms with E-state index in [1.165, 1.54) is 16.7 Å². The number of esters is 1. The van der Waals surface area contributed by atoms with Crippen molar-refractivity contribution in [1.82, 2.24) is 5.32 Å². The molecule has 5 heteroatoms. The average molecular weight is 551 g/mol. The van der Waals surface area contributed by atoms with Gasteiger partial charge in [0, 0.05) is 42.5 Å². The summed E-state index contributed by atoms with van der Waals surface area (Å²) in [6, 6.07) is 29.9. The number of nitrogens with one attached hydrogen (secondary N) is 1. The summed E-state index contributed by atoms with van der Waals surface area (Å²) in [6.45, 7) is 9.79. The molecule has 0 bridgehead atoms. The Morgan fingerprint density at radius 3 is 2.46 bits per heavy atom. The summed E-state index contributed by atoms with van der Waals surface area (Å²) in [4.78, 5) is 15.2. The lowest BCUT2D eigenvalue weighted by Crippen LogP contribution is -2.29. The summed E-state index contributed by atoms with van der Waals surface area (Å²) in [5, 5.41) is 3.63. The molecule has 1 atom stereocenters. The summed E-state index contributed by atoms with van der Waals surface area (Å²) in [6.07, 6.45) is 2.03. The fourth-order valence-corrected chi connectivity index (χ4v) is 5.48. The van der Waals surface area contributed by atoms with E-state index in [-0.39, 0.29) is 11.9 Å². The number of fused-ring (bicyclic) bond motifs is 1. The molecule has 0 fully saturated rings. The SMILES string of the molecule is CC(NCc1ccc2c(c1)CCCN2Cc1cccc(-c2ccccc2C(=O)OC(C)(C)C)c1F)c1ccccc1. The van der Waals surface area contributed by atoms with Gasteiger partial charge in [0.25, 0.3) is 0 Å². The van der Waals surface area contributed by atoms with Crippen molar-refractivity contribution in [2.75, 3.05) is 11.4 Å². The van der Waals surface area contributed by atoms with Crippen LogP contribution in [0.5, 0.6) is 0 Å². The van der Waals surface area contributed by atoms with Gasteiger partial charge in [-0.1, -0.05) is 78.9 Å². The van der Waals surface area contributed by atoms with Crippen LogP contribution in [0.15, 0.2) is 91.0 Å². The lowest BCUT2D eigenvalue weighted by Gasteiger charge is -2.32. The van der Waals surface area contributed by atoms with Gasteiger partial charge >= 0.3 is 5.97 Å². The maximum Gasteiger partial charge on any atom is 0.339 e. The van der Waals surface area contributed by atoms with E-state index in [1.807, 2.05) is 45.0 Å². The van der Waals surface area contributed by atoms with Gasteiger partial charge in [0.2, 0.25) is 0 Å². The van der Waals surface area contributed by atoms with Gasteiger partial charge in [-0.05, 0) is 74.9 Å². The largest absolute Gasteiger partial charge is 0.456 e. The molecule has 1 aliphatic heterocycles. The van der Waals surface area contributed by atoms with Crippen molar-refractivity contribution in [3.8, 4) is 11.1 Å². The zero-order valence-electron chi connectivity index (χ0n) is 24.4. The minimum absolute atomic E-state index is 0.263. The Bertz CT molecular complexity index is 1510. The smallest absolute Gasteiger partial charge is 0.339 e. The van der Waals surface area contributed by atoms with Crippen LogP contribution in [0.3, 0.4) is 0 Å². The summed E-state index contributed by atoms with van der Waals surface area (Å²) in [7, 11) is 0. The Morgan fingerprint density at radius 1 is 0.951 bits per heavy atom. The Balaban J connectivity index is 1.34. The highest BCUT2D eigenvalue weighted by Crippen LogP contribution is 2.33. The first-order chi connectivity index (χ1) is 19.7. The number of nitrogens with zero attached hydrogens (tertiary/aromatic N) is 1. The van der Waals surface area contributed by atoms with Crippen molar-refractivity contribution in [3.05, 3.63) is 125 Å². The van der Waals surface area contributed by atoms with Crippen LogP contribution >= 0.6 is 0 Å². The number of anilines is 1. The van der Waals surface area contributed by atoms with E-state index in [2.05, 4.69) is 59.6 Å². The Morgan fingerprint density at radius 2 is 1.68 bits per heavy atom. The number of carbonyl (C=O) groups is 1. The first kappa shape index (κ1) is 28.6. The number of hydrogen-bond acceptors (Lipinski definition) is 4. The van der Waals surface area contributed by atoms with Gasteiger partial charge in [-0.25, -0.2) is 9.18 Å². The maximum absolute atomic E-state index is 16.1. The van der Waals surface area contributed by atoms with Crippen LogP contribution in [0.4, 0.5) is 10.1 Å². The van der Waals surface area contributed by atoms with E-state index in [0.717, 1.165) is 31.6 Å². The topological polar surface area (TPSA) is 41.6 Å². The van der Waals surface area contributed by atoms with Crippen LogP contribution < -0.4 is 10.2 Å². The van der Waals surface area contributed by atoms with Crippen molar-refractivity contribution < 1.29 is 13.9 Å². The summed E-state index contributed by atoms with van der Waals surface area (Å²) >= 11 is 0. The molecule has 4 nitrogen and oxygen atoms in total. The minimum atomic E-state index is -0.637. The molecule has 1 heterocycles. The van der Waals surface area contributed by atoms with Crippen LogP contribution in [-0.2, 0) is 24.2 Å². The molecule has 0 saturated carbocycles. The Kier molecular flexibility index (Phi) is 8.55. The first-order valence-corrected chi connectivity index (χ1v) is 14.4. The molecule has 41 heavy (non-hydrogen) atoms. The van der Waals surface area contributed by atoms with Crippen molar-refractivity contribution in [1.29, 1.82) is 0 Å². The molecule has 0 saturated heterocycles. The van der Waals surface area contributed by atoms with Gasteiger partial charge in [-0.2, -0.15) is 0 Å². The molecule has 4 aromatic carbocycles. The fraction of sp³-hybridized carbons (Fsp3) is 0.306. The van der Waals surface area contributed by atoms with E-state index in [1.54, 1.807) is 24.3 Å². The second kappa shape index (κ2) is 12.3. The average Bonchev–Trinajstić information content (AvgIpc) is 2.96. The zero-order chi connectivity index (χ0) is 29.0. The summed E-state index contributed by atoms with van der Waals surface area (Å²) < 4.78 is 21.7. The Hall–Kier alpha value is -3.96. The number of hydrogen-bond donors (Lipinski definition) is 1. The fourth-order valence-electron chi connectivity index (χ4n) is 5.48. The van der Waals surface area contributed by atoms with Gasteiger partial charge in [0.1, 0.15) is 11.4 Å². The molecule has 1 N–H and O–H groups in total. The molecular weight excluding hydrogens is 511 g/mol. The molecular formula is C36H39FN2O2. The van der Waals surface area contributed by atoms with E-state index < -0.39 is 11.6 Å². The lowest BCUT2D eigenvalue weighted by atomic mass is 9.95. The number of ether oxygens (including phenoxy) is 1. The van der Waals surface area contributed by atoms with Gasteiger partial charge in [0.15, 0.2) is 0 Å². The summed E-state index contributed by atoms with van der Waals surface area (Å²) in [5.41, 5.74) is 6.28. The second-order valence-electron chi connectivity index (χ2n) is 11.8. The highest BCUT2D eigenvalue weighted by atomic mass is 19.1. The van der Waals surface area contributed by atoms with Crippen LogP contribution in [0.1, 0.15) is 72.8 Å². The van der Waals surface area contributed by atoms with Gasteiger partial charge in [0.05, 0.1) is 5.56 Å². The van der Waals surface area contributed by atoms with Gasteiger partial charge < -0.3 is 15.0 Å². The zero-order valence-corrected chi connectivity index (χ0v) is 24.4. The van der Waals surface area contributed by atoms with Crippen molar-refractivity contribution >= 4 is 11.7 Å². The number of halogens is 1. The number of rotatable bonds is 8. The molecule has 212 valence electrons. The first-order valence-electron chi connectivity index (χ1n) is 14.4. The van der Waals surface area contributed by atoms with Gasteiger partial charge in [-0.15, -0.1) is 0 Å². The van der Waals surface area contributed by atoms with Crippen LogP contribution in [0, 0.1) is 5.82 Å². The summed E-state index contributed by atoms with van der Waals surface area (Å²) in [5.74, 6) is -0.752. The van der Waals surface area contributed by atoms with E-state index in [4.69, 9.17) is 4.74 Å². The van der Waals surface area contributed by atoms with E-state index in [0.29, 0.717) is 28.8 Å². The molecule has 0 amide bonds. The number of benzene rings is 4. The third-order valence-electron chi connectivity index (χ3n) is 7.55. The van der Waals surface area contributed by atoms with Crippen LogP contribution in [0.2, 0.25) is 0 Å². The van der Waals surface area contributed by atoms with E-state index >= 15 is 4.39 Å². The van der Waals surface area contributed by atoms with Crippen LogP contribution in [-0.4, -0.2) is 18.1 Å². The Labute approximate surface area is 243 Å². The van der Waals surface area contributed by atoms with Gasteiger partial charge in [-0.3, -0.25) is 0 Å². The molecule has 0 radical (unpaired) electrons. The quantitative estimate of drug-likeness (QED) is 0.224. The molecule has 5 rings (SSSR count). The predicted molar refractivity (Wildman–Crippen MR) is 165 cm³/mol. The molecule has 0 aliphatic carbocycles. The van der Waals surface area contributed by atoms with Crippen LogP contribution in [0.25, 0.3) is 11.1 Å². The molecule has 0 spiro atoms. The second-order valence-corrected chi connectivity index (χ2v) is 11.8. The minimum Gasteiger partial charge on any atom is -0.456 e. The van der Waals surface area contributed by atoms with Crippen molar-refractivity contribution in [3.63, 3.8) is 0 Å². The normalized spacial score (nSPS) is 13.9. The van der Waals surface area contributed by atoms with Crippen molar-refractivity contribution in [2.24, 2.45) is 0 Å². The highest BCUT2D eigenvalue weighted by Gasteiger charge is 2.24.